The van der Waals surface area contributed by atoms with Crippen molar-refractivity contribution in [1.82, 2.24) is 0 Å². The highest BCUT2D eigenvalue weighted by molar-refractivity contribution is 6.03. The van der Waals surface area contributed by atoms with Gasteiger partial charge < -0.3 is 5.32 Å². The molecule has 0 aromatic heterocycles. The number of hydrogen-bond donors (Lipinski definition) is 1. The van der Waals surface area contributed by atoms with Crippen LogP contribution in [-0.4, -0.2) is 12.1 Å². The second-order valence-corrected chi connectivity index (χ2v) is 4.99. The van der Waals surface area contributed by atoms with E-state index >= 15 is 0 Å². The minimum Gasteiger partial charge on any atom is -0.308 e. The molecule has 0 unspecified atom stereocenters. The zero-order valence-electron chi connectivity index (χ0n) is 11.1. The second-order valence-electron chi connectivity index (χ2n) is 4.99. The van der Waals surface area contributed by atoms with Crippen LogP contribution in [0.3, 0.4) is 0 Å². The van der Waals surface area contributed by atoms with Gasteiger partial charge in [0.25, 0.3) is 0 Å². The minimum atomic E-state index is -0.317. The normalized spacial score (nSPS) is 16.9. The van der Waals surface area contributed by atoms with Crippen LogP contribution in [0.25, 0.3) is 0 Å². The molecule has 0 saturated heterocycles. The van der Waals surface area contributed by atoms with Gasteiger partial charge >= 0.3 is 6.03 Å². The Morgan fingerprint density at radius 1 is 1.20 bits per heavy atom. The van der Waals surface area contributed by atoms with Gasteiger partial charge in [0.15, 0.2) is 0 Å². The lowest BCUT2D eigenvalue weighted by atomic mass is 10.1. The molecule has 0 radical (unpaired) electrons. The maximum atomic E-state index is 12.9. The molecule has 1 N–H and O–H groups in total. The average molecular weight is 270 g/mol. The molecular formula is C16H15FN2O. The molecule has 0 fully saturated rings. The van der Waals surface area contributed by atoms with Crippen LogP contribution in [-0.2, 0) is 6.42 Å². The summed E-state index contributed by atoms with van der Waals surface area (Å²) < 4.78 is 12.9. The van der Waals surface area contributed by atoms with E-state index in [2.05, 4.69) is 5.32 Å². The fourth-order valence-electron chi connectivity index (χ4n) is 2.59. The van der Waals surface area contributed by atoms with Crippen LogP contribution < -0.4 is 10.2 Å². The highest BCUT2D eigenvalue weighted by Gasteiger charge is 2.30. The molecule has 2 aromatic carbocycles. The first kappa shape index (κ1) is 12.7. The molecule has 4 heteroatoms. The third-order valence-corrected chi connectivity index (χ3v) is 3.52. The third kappa shape index (κ3) is 2.25. The third-order valence-electron chi connectivity index (χ3n) is 3.52. The standard InChI is InChI=1S/C16H15FN2O/c1-11-10-12-4-2-3-5-15(12)19(11)16(20)18-14-8-6-13(17)7-9-14/h2-9,11H,10H2,1H3,(H,18,20)/t11-/m0/s1. The van der Waals surface area contributed by atoms with Crippen LogP contribution in [0.4, 0.5) is 20.6 Å². The van der Waals surface area contributed by atoms with Crippen molar-refractivity contribution in [2.45, 2.75) is 19.4 Å². The summed E-state index contributed by atoms with van der Waals surface area (Å²) in [5, 5.41) is 2.80. The first-order chi connectivity index (χ1) is 9.65. The molecule has 2 amide bonds. The fraction of sp³-hybridized carbons (Fsp3) is 0.188. The van der Waals surface area contributed by atoms with Gasteiger partial charge in [0.1, 0.15) is 5.82 Å². The monoisotopic (exact) mass is 270 g/mol. The van der Waals surface area contributed by atoms with Crippen LogP contribution in [0.15, 0.2) is 48.5 Å². The van der Waals surface area contributed by atoms with E-state index in [9.17, 15) is 9.18 Å². The number of amides is 2. The molecule has 0 aliphatic carbocycles. The number of rotatable bonds is 1. The van der Waals surface area contributed by atoms with E-state index in [1.165, 1.54) is 17.7 Å². The average Bonchev–Trinajstić information content (AvgIpc) is 2.77. The first-order valence-electron chi connectivity index (χ1n) is 6.59. The molecule has 1 heterocycles. The SMILES string of the molecule is C[C@H]1Cc2ccccc2N1C(=O)Nc1ccc(F)cc1. The van der Waals surface area contributed by atoms with E-state index in [1.807, 2.05) is 31.2 Å². The summed E-state index contributed by atoms with van der Waals surface area (Å²) in [6, 6.07) is 13.6. The smallest absolute Gasteiger partial charge is 0.308 e. The molecule has 1 aliphatic rings. The van der Waals surface area contributed by atoms with Crippen LogP contribution in [0, 0.1) is 5.82 Å². The van der Waals surface area contributed by atoms with E-state index in [1.54, 1.807) is 17.0 Å². The Morgan fingerprint density at radius 2 is 1.90 bits per heavy atom. The highest BCUT2D eigenvalue weighted by atomic mass is 19.1. The molecule has 2 aromatic rings. The number of fused-ring (bicyclic) bond motifs is 1. The first-order valence-corrected chi connectivity index (χ1v) is 6.59. The number of halogens is 1. The predicted octanol–water partition coefficient (Wildman–Crippen LogP) is 3.81. The summed E-state index contributed by atoms with van der Waals surface area (Å²) in [6.07, 6.45) is 0.854. The number of nitrogens with zero attached hydrogens (tertiary/aromatic N) is 1. The van der Waals surface area contributed by atoms with Gasteiger partial charge in [-0.15, -0.1) is 0 Å². The molecule has 0 spiro atoms. The van der Waals surface area contributed by atoms with Gasteiger partial charge in [0.05, 0.1) is 0 Å². The zero-order valence-corrected chi connectivity index (χ0v) is 11.1. The van der Waals surface area contributed by atoms with E-state index in [0.717, 1.165) is 12.1 Å². The quantitative estimate of drug-likeness (QED) is 0.839. The second kappa shape index (κ2) is 4.96. The molecule has 1 aliphatic heterocycles. The van der Waals surface area contributed by atoms with Crippen molar-refractivity contribution in [3.8, 4) is 0 Å². The summed E-state index contributed by atoms with van der Waals surface area (Å²) in [5.41, 5.74) is 2.71. The number of urea groups is 1. The summed E-state index contributed by atoms with van der Waals surface area (Å²) in [4.78, 5) is 14.1. The number of carbonyl (C=O) groups is 1. The van der Waals surface area contributed by atoms with Gasteiger partial charge in [-0.05, 0) is 49.2 Å². The summed E-state index contributed by atoms with van der Waals surface area (Å²) in [5.74, 6) is -0.317. The number of para-hydroxylation sites is 1. The van der Waals surface area contributed by atoms with E-state index in [0.29, 0.717) is 5.69 Å². The molecule has 20 heavy (non-hydrogen) atoms. The topological polar surface area (TPSA) is 32.3 Å². The van der Waals surface area contributed by atoms with E-state index in [4.69, 9.17) is 0 Å². The van der Waals surface area contributed by atoms with Gasteiger partial charge in [-0.3, -0.25) is 4.90 Å². The van der Waals surface area contributed by atoms with Crippen LogP contribution in [0.5, 0.6) is 0 Å². The Morgan fingerprint density at radius 3 is 2.65 bits per heavy atom. The lowest BCUT2D eigenvalue weighted by molar-refractivity contribution is 0.256. The number of anilines is 2. The maximum absolute atomic E-state index is 12.9. The van der Waals surface area contributed by atoms with Gasteiger partial charge in [-0.25, -0.2) is 9.18 Å². The Balaban J connectivity index is 1.82. The molecule has 3 nitrogen and oxygen atoms in total. The molecular weight excluding hydrogens is 255 g/mol. The molecule has 0 bridgehead atoms. The largest absolute Gasteiger partial charge is 0.326 e. The Bertz CT molecular complexity index is 639. The van der Waals surface area contributed by atoms with Gasteiger partial charge in [0, 0.05) is 17.4 Å². The number of carbonyl (C=O) groups excluding carboxylic acids is 1. The van der Waals surface area contributed by atoms with Crippen molar-refractivity contribution >= 4 is 17.4 Å². The number of benzene rings is 2. The highest BCUT2D eigenvalue weighted by Crippen LogP contribution is 2.32. The maximum Gasteiger partial charge on any atom is 0.326 e. The lowest BCUT2D eigenvalue weighted by Gasteiger charge is -2.23. The summed E-state index contributed by atoms with van der Waals surface area (Å²) in [7, 11) is 0. The van der Waals surface area contributed by atoms with E-state index < -0.39 is 0 Å². The molecule has 1 atom stereocenters. The summed E-state index contributed by atoms with van der Waals surface area (Å²) in [6.45, 7) is 2.02. The van der Waals surface area contributed by atoms with E-state index in [-0.39, 0.29) is 17.9 Å². The van der Waals surface area contributed by atoms with Crippen molar-refractivity contribution < 1.29 is 9.18 Å². The molecule has 3 rings (SSSR count). The Kier molecular flexibility index (Phi) is 3.14. The number of hydrogen-bond acceptors (Lipinski definition) is 1. The number of nitrogens with one attached hydrogen (secondary N) is 1. The molecule has 0 saturated carbocycles. The van der Waals surface area contributed by atoms with Crippen molar-refractivity contribution in [2.75, 3.05) is 10.2 Å². The van der Waals surface area contributed by atoms with Crippen molar-refractivity contribution in [3.05, 3.63) is 59.9 Å². The van der Waals surface area contributed by atoms with Crippen molar-refractivity contribution in [3.63, 3.8) is 0 Å². The van der Waals surface area contributed by atoms with Crippen molar-refractivity contribution in [2.24, 2.45) is 0 Å². The van der Waals surface area contributed by atoms with Crippen molar-refractivity contribution in [1.29, 1.82) is 0 Å². The van der Waals surface area contributed by atoms with Gasteiger partial charge in [-0.2, -0.15) is 0 Å². The Labute approximate surface area is 117 Å². The molecule has 102 valence electrons. The lowest BCUT2D eigenvalue weighted by Crippen LogP contribution is -2.39. The van der Waals surface area contributed by atoms with Crippen LogP contribution in [0.1, 0.15) is 12.5 Å². The summed E-state index contributed by atoms with van der Waals surface area (Å²) >= 11 is 0. The van der Waals surface area contributed by atoms with Gasteiger partial charge in [0.2, 0.25) is 0 Å². The van der Waals surface area contributed by atoms with Crippen LogP contribution >= 0.6 is 0 Å². The Hall–Kier alpha value is -2.36. The van der Waals surface area contributed by atoms with Crippen LogP contribution in [0.2, 0.25) is 0 Å². The van der Waals surface area contributed by atoms with Gasteiger partial charge in [-0.1, -0.05) is 18.2 Å². The predicted molar refractivity (Wildman–Crippen MR) is 77.5 cm³/mol. The minimum absolute atomic E-state index is 0.118. The fourth-order valence-corrected chi connectivity index (χ4v) is 2.59. The zero-order chi connectivity index (χ0) is 14.1.